The molecule has 0 atom stereocenters. The number of nitrogens with one attached hydrogen (secondary N) is 1. The van der Waals surface area contributed by atoms with Crippen molar-refractivity contribution in [3.63, 3.8) is 0 Å². The molecule has 1 saturated carbocycles. The second-order valence-corrected chi connectivity index (χ2v) is 7.71. The molecule has 1 aliphatic heterocycles. The lowest BCUT2D eigenvalue weighted by atomic mass is 10.0. The molecule has 4 rings (SSSR count). The molecule has 2 aromatic rings. The second kappa shape index (κ2) is 5.97. The highest BCUT2D eigenvalue weighted by Crippen LogP contribution is 2.28. The number of fused-ring (bicyclic) bond motifs is 1. The maximum atomic E-state index is 12.4. The van der Waals surface area contributed by atoms with Crippen molar-refractivity contribution in [3.05, 3.63) is 22.4 Å². The number of rotatable bonds is 3. The number of quaternary nitrogens is 1. The zero-order chi connectivity index (χ0) is 16.7. The van der Waals surface area contributed by atoms with Crippen LogP contribution in [0.3, 0.4) is 0 Å². The first-order valence-electron chi connectivity index (χ1n) is 9.05. The first-order valence-corrected chi connectivity index (χ1v) is 9.05. The maximum Gasteiger partial charge on any atom is 0.262 e. The third-order valence-electron chi connectivity index (χ3n) is 5.70. The van der Waals surface area contributed by atoms with E-state index in [1.807, 2.05) is 11.7 Å². The molecule has 7 heteroatoms. The van der Waals surface area contributed by atoms with E-state index in [2.05, 4.69) is 10.1 Å². The molecule has 1 aliphatic carbocycles. The van der Waals surface area contributed by atoms with Gasteiger partial charge >= 0.3 is 0 Å². The van der Waals surface area contributed by atoms with Crippen LogP contribution < -0.4 is 5.56 Å². The molecule has 2 aliphatic rings. The van der Waals surface area contributed by atoms with Crippen molar-refractivity contribution < 1.29 is 9.85 Å². The van der Waals surface area contributed by atoms with Crippen molar-refractivity contribution >= 4 is 11.0 Å². The van der Waals surface area contributed by atoms with Crippen LogP contribution in [0.1, 0.15) is 50.4 Å². The highest BCUT2D eigenvalue weighted by Gasteiger charge is 2.31. The molecule has 7 nitrogen and oxygen atoms in total. The van der Waals surface area contributed by atoms with Crippen LogP contribution in [0.5, 0.6) is 0 Å². The maximum absolute atomic E-state index is 12.4. The summed E-state index contributed by atoms with van der Waals surface area (Å²) in [5.41, 5.74) is 0.614. The number of aromatic nitrogens is 4. The average Bonchev–Trinajstić information content (AvgIpc) is 3.17. The number of hydrogen-bond acceptors (Lipinski definition) is 4. The van der Waals surface area contributed by atoms with Gasteiger partial charge in [-0.2, -0.15) is 9.75 Å². The Morgan fingerprint density at radius 1 is 1.29 bits per heavy atom. The largest absolute Gasteiger partial charge is 0.310 e. The molecule has 0 radical (unpaired) electrons. The van der Waals surface area contributed by atoms with Crippen molar-refractivity contribution in [2.24, 2.45) is 5.92 Å². The Kier molecular flexibility index (Phi) is 3.92. The van der Waals surface area contributed by atoms with E-state index < -0.39 is 0 Å². The molecule has 0 bridgehead atoms. The van der Waals surface area contributed by atoms with Gasteiger partial charge in [0.15, 0.2) is 5.65 Å². The van der Waals surface area contributed by atoms with E-state index >= 15 is 0 Å². The Bertz CT molecular complexity index is 778. The molecule has 2 aromatic heterocycles. The topological polar surface area (TPSA) is 83.8 Å². The molecule has 0 unspecified atom stereocenters. The zero-order valence-corrected chi connectivity index (χ0v) is 14.2. The summed E-state index contributed by atoms with van der Waals surface area (Å²) in [5, 5.41) is 15.1. The van der Waals surface area contributed by atoms with Crippen LogP contribution in [0.25, 0.3) is 11.0 Å². The molecule has 2 N–H and O–H groups in total. The van der Waals surface area contributed by atoms with Crippen LogP contribution in [0.15, 0.2) is 11.0 Å². The first kappa shape index (κ1) is 15.8. The van der Waals surface area contributed by atoms with Crippen LogP contribution in [0.2, 0.25) is 0 Å². The van der Waals surface area contributed by atoms with E-state index in [-0.39, 0.29) is 16.2 Å². The predicted molar refractivity (Wildman–Crippen MR) is 89.8 cm³/mol. The van der Waals surface area contributed by atoms with Crippen LogP contribution in [0.4, 0.5) is 0 Å². The summed E-state index contributed by atoms with van der Waals surface area (Å²) >= 11 is 0. The molecule has 0 aromatic carbocycles. The Hall–Kier alpha value is -1.73. The minimum atomic E-state index is -0.0853. The number of likely N-dealkylation sites (tertiary alicyclic amines) is 1. The number of hydroxylamine groups is 3. The molecule has 0 amide bonds. The van der Waals surface area contributed by atoms with E-state index in [1.165, 1.54) is 25.7 Å². The van der Waals surface area contributed by atoms with Gasteiger partial charge in [-0.25, -0.2) is 14.9 Å². The van der Waals surface area contributed by atoms with Gasteiger partial charge in [0.1, 0.15) is 24.3 Å². The summed E-state index contributed by atoms with van der Waals surface area (Å²) in [6, 6.07) is 0.203. The lowest BCUT2D eigenvalue weighted by Gasteiger charge is -2.33. The molecule has 1 saturated heterocycles. The normalized spacial score (nSPS) is 28.7. The van der Waals surface area contributed by atoms with E-state index in [0.29, 0.717) is 30.0 Å². The van der Waals surface area contributed by atoms with Crippen molar-refractivity contribution in [3.8, 4) is 0 Å². The fraction of sp³-hybridized carbons (Fsp3) is 0.706. The van der Waals surface area contributed by atoms with Crippen LogP contribution in [-0.2, 0) is 6.42 Å². The van der Waals surface area contributed by atoms with Gasteiger partial charge in [-0.1, -0.05) is 25.7 Å². The minimum absolute atomic E-state index is 0.0661. The average molecular weight is 332 g/mol. The van der Waals surface area contributed by atoms with E-state index in [1.54, 1.807) is 6.20 Å². The fourth-order valence-electron chi connectivity index (χ4n) is 4.19. The molecular formula is C17H26N5O2+. The van der Waals surface area contributed by atoms with E-state index in [4.69, 9.17) is 4.98 Å². The summed E-state index contributed by atoms with van der Waals surface area (Å²) in [5.74, 6) is 1.43. The first-order chi connectivity index (χ1) is 11.5. The quantitative estimate of drug-likeness (QED) is 0.842. The second-order valence-electron chi connectivity index (χ2n) is 7.71. The van der Waals surface area contributed by atoms with Crippen molar-refractivity contribution in [2.45, 2.75) is 51.0 Å². The lowest BCUT2D eigenvalue weighted by Crippen LogP contribution is -2.47. The van der Waals surface area contributed by atoms with Crippen molar-refractivity contribution in [2.75, 3.05) is 20.1 Å². The number of H-pyrrole nitrogens is 1. The SMILES string of the molecule is C[N+]1(O)CCC(n2ncc3c(=O)[nH]c(CC4CCCC4)nc32)CC1. The molecule has 130 valence electrons. The summed E-state index contributed by atoms with van der Waals surface area (Å²) < 4.78 is 1.97. The summed E-state index contributed by atoms with van der Waals surface area (Å²) in [6.45, 7) is 1.40. The third-order valence-corrected chi connectivity index (χ3v) is 5.70. The molecule has 24 heavy (non-hydrogen) atoms. The monoisotopic (exact) mass is 332 g/mol. The van der Waals surface area contributed by atoms with Gasteiger partial charge in [-0.3, -0.25) is 4.79 Å². The number of aromatic amines is 1. The van der Waals surface area contributed by atoms with Crippen molar-refractivity contribution in [1.82, 2.24) is 19.7 Å². The smallest absolute Gasteiger partial charge is 0.262 e. The lowest BCUT2D eigenvalue weighted by molar-refractivity contribution is -1.09. The van der Waals surface area contributed by atoms with Crippen molar-refractivity contribution in [1.29, 1.82) is 0 Å². The minimum Gasteiger partial charge on any atom is -0.310 e. The number of hydrogen-bond donors (Lipinski definition) is 2. The van der Waals surface area contributed by atoms with Gasteiger partial charge in [0.25, 0.3) is 5.56 Å². The van der Waals surface area contributed by atoms with Crippen LogP contribution >= 0.6 is 0 Å². The van der Waals surface area contributed by atoms with Gasteiger partial charge in [0.05, 0.1) is 19.3 Å². The Morgan fingerprint density at radius 3 is 2.71 bits per heavy atom. The Morgan fingerprint density at radius 2 is 2.00 bits per heavy atom. The molecule has 0 spiro atoms. The summed E-state index contributed by atoms with van der Waals surface area (Å²) in [6.07, 6.45) is 9.21. The van der Waals surface area contributed by atoms with Gasteiger partial charge < -0.3 is 4.98 Å². The third kappa shape index (κ3) is 2.98. The predicted octanol–water partition coefficient (Wildman–Crippen LogP) is 2.02. The Balaban J connectivity index is 1.64. The Labute approximate surface area is 140 Å². The van der Waals surface area contributed by atoms with Gasteiger partial charge in [-0.05, 0) is 5.92 Å². The molecular weight excluding hydrogens is 306 g/mol. The molecule has 2 fully saturated rings. The van der Waals surface area contributed by atoms with Crippen LogP contribution in [0, 0.1) is 5.92 Å². The fourth-order valence-corrected chi connectivity index (χ4v) is 4.19. The van der Waals surface area contributed by atoms with Crippen LogP contribution in [-0.4, -0.2) is 49.7 Å². The molecule has 3 heterocycles. The number of piperidine rings is 1. The van der Waals surface area contributed by atoms with E-state index in [9.17, 15) is 10.0 Å². The summed E-state index contributed by atoms with van der Waals surface area (Å²) in [4.78, 5) is 20.1. The van der Waals surface area contributed by atoms with Gasteiger partial charge in [0, 0.05) is 19.3 Å². The standard InChI is InChI=1S/C17H25N5O2/c1-22(24)8-6-13(7-9-22)21-16-14(11-18-21)17(23)20-15(19-16)10-12-4-2-3-5-12/h11-13,24H,2-10H2,1H3/p+1. The highest BCUT2D eigenvalue weighted by atomic mass is 16.5. The number of nitrogens with zero attached hydrogens (tertiary/aromatic N) is 4. The van der Waals surface area contributed by atoms with Gasteiger partial charge in [0.2, 0.25) is 0 Å². The highest BCUT2D eigenvalue weighted by molar-refractivity contribution is 5.73. The summed E-state index contributed by atoms with van der Waals surface area (Å²) in [7, 11) is 1.83. The van der Waals surface area contributed by atoms with E-state index in [0.717, 1.165) is 25.1 Å². The van der Waals surface area contributed by atoms with Gasteiger partial charge in [-0.15, -0.1) is 0 Å². The zero-order valence-electron chi connectivity index (χ0n) is 14.2.